The Hall–Kier alpha value is -2.69. The monoisotopic (exact) mass is 324 g/mol. The highest BCUT2D eigenvalue weighted by Crippen LogP contribution is 2.37. The maximum atomic E-state index is 12.5. The average Bonchev–Trinajstić information content (AvgIpc) is 2.68. The summed E-state index contributed by atoms with van der Waals surface area (Å²) in [6, 6.07) is 15.0. The normalized spacial score (nSPS) is 16.5. The Bertz CT molecular complexity index is 708. The van der Waals surface area contributed by atoms with E-state index in [1.54, 1.807) is 29.3 Å². The lowest BCUT2D eigenvalue weighted by Gasteiger charge is -2.39. The molecule has 1 aliphatic rings. The van der Waals surface area contributed by atoms with Crippen molar-refractivity contribution in [1.29, 1.82) is 0 Å². The molecule has 1 amide bonds. The lowest BCUT2D eigenvalue weighted by Crippen LogP contribution is -2.49. The Balaban J connectivity index is 1.80. The third kappa shape index (κ3) is 2.89. The van der Waals surface area contributed by atoms with Gasteiger partial charge in [-0.25, -0.2) is 0 Å². The molecule has 5 nitrogen and oxygen atoms in total. The lowest BCUT2D eigenvalue weighted by atomic mass is 9.72. The Morgan fingerprint density at radius 3 is 2.29 bits per heavy atom. The molecule has 0 bridgehead atoms. The van der Waals surface area contributed by atoms with Crippen LogP contribution < -0.4 is 0 Å². The van der Waals surface area contributed by atoms with Crippen LogP contribution in [0.25, 0.3) is 0 Å². The van der Waals surface area contributed by atoms with Gasteiger partial charge in [0, 0.05) is 19.3 Å². The minimum absolute atomic E-state index is 0.0953. The van der Waals surface area contributed by atoms with Crippen molar-refractivity contribution >= 4 is 11.9 Å². The van der Waals surface area contributed by atoms with Crippen LogP contribution in [0, 0.1) is 0 Å². The Labute approximate surface area is 141 Å². The lowest BCUT2D eigenvalue weighted by molar-refractivity contribution is -0.149. The van der Waals surface area contributed by atoms with Crippen molar-refractivity contribution in [3.8, 4) is 0 Å². The highest BCUT2D eigenvalue weighted by atomic mass is 16.5. The minimum Gasteiger partial charge on any atom is -0.468 e. The zero-order chi connectivity index (χ0) is 17.0. The smallest absolute Gasteiger partial charge is 0.316 e. The Morgan fingerprint density at radius 1 is 1.04 bits per heavy atom. The second kappa shape index (κ2) is 6.83. The molecular weight excluding hydrogens is 304 g/mol. The highest BCUT2D eigenvalue weighted by Gasteiger charge is 2.44. The molecule has 0 atom stereocenters. The summed E-state index contributed by atoms with van der Waals surface area (Å²) in [4.78, 5) is 30.9. The molecule has 124 valence electrons. The number of methoxy groups -OCH3 is 1. The number of likely N-dealkylation sites (tertiary alicyclic amines) is 1. The van der Waals surface area contributed by atoms with Crippen molar-refractivity contribution in [2.75, 3.05) is 20.2 Å². The molecule has 0 radical (unpaired) electrons. The molecule has 0 aliphatic carbocycles. The SMILES string of the molecule is COC(=O)C1(c2ccccc2)CCN(C(=O)c2ccccn2)CC1. The van der Waals surface area contributed by atoms with Gasteiger partial charge in [-0.3, -0.25) is 14.6 Å². The second-order valence-electron chi connectivity index (χ2n) is 5.95. The van der Waals surface area contributed by atoms with Crippen molar-refractivity contribution in [3.05, 3.63) is 66.0 Å². The van der Waals surface area contributed by atoms with E-state index in [2.05, 4.69) is 4.98 Å². The number of carbonyl (C=O) groups excluding carboxylic acids is 2. The fourth-order valence-corrected chi connectivity index (χ4v) is 3.31. The Kier molecular flexibility index (Phi) is 4.60. The molecule has 0 spiro atoms. The van der Waals surface area contributed by atoms with E-state index in [0.29, 0.717) is 31.6 Å². The predicted octanol–water partition coefficient (Wildman–Crippen LogP) is 2.43. The van der Waals surface area contributed by atoms with E-state index in [0.717, 1.165) is 5.56 Å². The van der Waals surface area contributed by atoms with Crippen molar-refractivity contribution in [3.63, 3.8) is 0 Å². The summed E-state index contributed by atoms with van der Waals surface area (Å²) in [5, 5.41) is 0. The van der Waals surface area contributed by atoms with Gasteiger partial charge in [0.15, 0.2) is 0 Å². The number of esters is 1. The maximum Gasteiger partial charge on any atom is 0.316 e. The number of nitrogens with zero attached hydrogens (tertiary/aromatic N) is 2. The molecule has 0 N–H and O–H groups in total. The number of pyridine rings is 1. The van der Waals surface area contributed by atoms with Gasteiger partial charge in [-0.15, -0.1) is 0 Å². The average molecular weight is 324 g/mol. The van der Waals surface area contributed by atoms with Gasteiger partial charge in [-0.2, -0.15) is 0 Å². The van der Waals surface area contributed by atoms with Crippen LogP contribution in [0.5, 0.6) is 0 Å². The second-order valence-corrected chi connectivity index (χ2v) is 5.95. The van der Waals surface area contributed by atoms with Crippen LogP contribution in [0.2, 0.25) is 0 Å². The molecule has 1 fully saturated rings. The van der Waals surface area contributed by atoms with Gasteiger partial charge >= 0.3 is 5.97 Å². The third-order valence-electron chi connectivity index (χ3n) is 4.69. The number of rotatable bonds is 3. The van der Waals surface area contributed by atoms with E-state index in [9.17, 15) is 9.59 Å². The number of piperidine rings is 1. The largest absolute Gasteiger partial charge is 0.468 e. The van der Waals surface area contributed by atoms with E-state index in [1.807, 2.05) is 30.3 Å². The predicted molar refractivity (Wildman–Crippen MR) is 89.5 cm³/mol. The summed E-state index contributed by atoms with van der Waals surface area (Å²) in [6.45, 7) is 0.999. The number of ether oxygens (including phenoxy) is 1. The number of hydrogen-bond donors (Lipinski definition) is 0. The minimum atomic E-state index is -0.684. The van der Waals surface area contributed by atoms with Gasteiger partial charge in [-0.05, 0) is 30.5 Å². The van der Waals surface area contributed by atoms with Crippen molar-refractivity contribution in [1.82, 2.24) is 9.88 Å². The number of hydrogen-bond acceptors (Lipinski definition) is 4. The molecule has 24 heavy (non-hydrogen) atoms. The molecule has 5 heteroatoms. The van der Waals surface area contributed by atoms with Crippen LogP contribution in [-0.4, -0.2) is 42.0 Å². The molecular formula is C19H20N2O3. The molecule has 1 aromatic heterocycles. The van der Waals surface area contributed by atoms with Crippen molar-refractivity contribution in [2.45, 2.75) is 18.3 Å². The molecule has 3 rings (SSSR count). The molecule has 1 aromatic carbocycles. The number of carbonyl (C=O) groups is 2. The van der Waals surface area contributed by atoms with Crippen LogP contribution in [0.4, 0.5) is 0 Å². The maximum absolute atomic E-state index is 12.5. The quantitative estimate of drug-likeness (QED) is 0.814. The molecule has 0 saturated carbocycles. The zero-order valence-corrected chi connectivity index (χ0v) is 13.6. The van der Waals surface area contributed by atoms with E-state index < -0.39 is 5.41 Å². The number of aromatic nitrogens is 1. The van der Waals surface area contributed by atoms with Crippen LogP contribution in [0.1, 0.15) is 28.9 Å². The standard InChI is InChI=1S/C19H20N2O3/c1-24-18(23)19(15-7-3-2-4-8-15)10-13-21(14-11-19)17(22)16-9-5-6-12-20-16/h2-9,12H,10-11,13-14H2,1H3. The van der Waals surface area contributed by atoms with Crippen LogP contribution >= 0.6 is 0 Å². The summed E-state index contributed by atoms with van der Waals surface area (Å²) in [5.41, 5.74) is 0.696. The first-order valence-corrected chi connectivity index (χ1v) is 8.01. The van der Waals surface area contributed by atoms with E-state index >= 15 is 0 Å². The van der Waals surface area contributed by atoms with Gasteiger partial charge < -0.3 is 9.64 Å². The zero-order valence-electron chi connectivity index (χ0n) is 13.6. The fourth-order valence-electron chi connectivity index (χ4n) is 3.31. The van der Waals surface area contributed by atoms with Gasteiger partial charge in [0.05, 0.1) is 12.5 Å². The van der Waals surface area contributed by atoms with Crippen LogP contribution in [-0.2, 0) is 14.9 Å². The molecule has 2 aromatic rings. The van der Waals surface area contributed by atoms with Gasteiger partial charge in [0.25, 0.3) is 5.91 Å². The molecule has 1 saturated heterocycles. The summed E-state index contributed by atoms with van der Waals surface area (Å²) >= 11 is 0. The molecule has 1 aliphatic heterocycles. The van der Waals surface area contributed by atoms with E-state index in [1.165, 1.54) is 7.11 Å². The Morgan fingerprint density at radius 2 is 1.71 bits per heavy atom. The molecule has 0 unspecified atom stereocenters. The fraction of sp³-hybridized carbons (Fsp3) is 0.316. The summed E-state index contributed by atoms with van der Waals surface area (Å²) < 4.78 is 5.07. The number of amides is 1. The van der Waals surface area contributed by atoms with E-state index in [4.69, 9.17) is 4.74 Å². The highest BCUT2D eigenvalue weighted by molar-refractivity contribution is 5.92. The van der Waals surface area contributed by atoms with Gasteiger partial charge in [0.2, 0.25) is 0 Å². The van der Waals surface area contributed by atoms with E-state index in [-0.39, 0.29) is 11.9 Å². The van der Waals surface area contributed by atoms with Crippen LogP contribution in [0.3, 0.4) is 0 Å². The van der Waals surface area contributed by atoms with Crippen LogP contribution in [0.15, 0.2) is 54.7 Å². The first-order chi connectivity index (χ1) is 11.7. The number of benzene rings is 1. The van der Waals surface area contributed by atoms with Gasteiger partial charge in [0.1, 0.15) is 5.69 Å². The van der Waals surface area contributed by atoms with Gasteiger partial charge in [-0.1, -0.05) is 36.4 Å². The first-order valence-electron chi connectivity index (χ1n) is 8.01. The summed E-state index contributed by atoms with van der Waals surface area (Å²) in [7, 11) is 1.42. The topological polar surface area (TPSA) is 59.5 Å². The summed E-state index contributed by atoms with van der Waals surface area (Å²) in [6.07, 6.45) is 2.70. The third-order valence-corrected chi connectivity index (χ3v) is 4.69. The first kappa shape index (κ1) is 16.2. The summed E-state index contributed by atoms with van der Waals surface area (Å²) in [5.74, 6) is -0.333. The molecule has 2 heterocycles. The van der Waals surface area contributed by atoms with Crippen molar-refractivity contribution < 1.29 is 14.3 Å². The van der Waals surface area contributed by atoms with Crippen molar-refractivity contribution in [2.24, 2.45) is 0 Å².